The molecule has 0 atom stereocenters. The van der Waals surface area contributed by atoms with E-state index in [9.17, 15) is 4.79 Å². The number of amides is 1. The number of carbonyl (C=O) groups is 1. The number of ether oxygens (including phenoxy) is 4. The van der Waals surface area contributed by atoms with Gasteiger partial charge in [0.05, 0.1) is 23.3 Å². The standard InChI is InChI=1S/C28H27Cl2N3O5/c1-3-35-25-13-8-19(16-26(25)36-4-2)17-37-21-11-9-20(10-12-21)31-28(34)24-14-15-33(32-24)18-38-27-22(29)6-5-7-23(27)30/h5-16H,3-4,17-18H2,1-2H3,(H,31,34). The van der Waals surface area contributed by atoms with Gasteiger partial charge in [0.2, 0.25) is 0 Å². The first kappa shape index (κ1) is 27.2. The molecule has 0 aliphatic heterocycles. The van der Waals surface area contributed by atoms with E-state index in [1.807, 2.05) is 32.0 Å². The van der Waals surface area contributed by atoms with Gasteiger partial charge in [0.25, 0.3) is 5.91 Å². The Bertz CT molecular complexity index is 1360. The van der Waals surface area contributed by atoms with E-state index in [2.05, 4.69) is 10.4 Å². The molecule has 198 valence electrons. The molecular formula is C28H27Cl2N3O5. The van der Waals surface area contributed by atoms with Gasteiger partial charge in [-0.25, -0.2) is 4.68 Å². The molecule has 1 heterocycles. The maximum absolute atomic E-state index is 12.6. The molecule has 0 saturated carbocycles. The number of nitrogens with zero attached hydrogens (tertiary/aromatic N) is 2. The van der Waals surface area contributed by atoms with Crippen LogP contribution in [0.15, 0.2) is 72.9 Å². The molecule has 1 N–H and O–H groups in total. The van der Waals surface area contributed by atoms with E-state index in [0.717, 1.165) is 5.56 Å². The summed E-state index contributed by atoms with van der Waals surface area (Å²) in [7, 11) is 0. The second-order valence-electron chi connectivity index (χ2n) is 7.98. The fraction of sp³-hybridized carbons (Fsp3) is 0.214. The number of nitrogens with one attached hydrogen (secondary N) is 1. The molecule has 1 amide bonds. The van der Waals surface area contributed by atoms with E-state index in [1.54, 1.807) is 54.7 Å². The van der Waals surface area contributed by atoms with Crippen molar-refractivity contribution in [3.05, 3.63) is 94.2 Å². The SMILES string of the molecule is CCOc1ccc(COc2ccc(NC(=O)c3ccn(COc4c(Cl)cccc4Cl)n3)cc2)cc1OCC. The van der Waals surface area contributed by atoms with Crippen molar-refractivity contribution in [3.63, 3.8) is 0 Å². The first-order valence-corrected chi connectivity index (χ1v) is 12.8. The second kappa shape index (κ2) is 13.1. The fourth-order valence-electron chi connectivity index (χ4n) is 3.49. The largest absolute Gasteiger partial charge is 0.490 e. The molecule has 0 aliphatic carbocycles. The molecular weight excluding hydrogens is 529 g/mol. The molecule has 0 unspecified atom stereocenters. The van der Waals surface area contributed by atoms with Crippen LogP contribution in [-0.2, 0) is 13.3 Å². The van der Waals surface area contributed by atoms with Crippen LogP contribution in [0, 0.1) is 0 Å². The summed E-state index contributed by atoms with van der Waals surface area (Å²) in [5.74, 6) is 2.06. The average molecular weight is 556 g/mol. The minimum absolute atomic E-state index is 0.0448. The average Bonchev–Trinajstić information content (AvgIpc) is 3.39. The number of benzene rings is 3. The Balaban J connectivity index is 1.30. The van der Waals surface area contributed by atoms with Crippen LogP contribution in [0.5, 0.6) is 23.0 Å². The third kappa shape index (κ3) is 7.12. The van der Waals surface area contributed by atoms with Gasteiger partial charge in [-0.1, -0.05) is 35.3 Å². The highest BCUT2D eigenvalue weighted by molar-refractivity contribution is 6.37. The van der Waals surface area contributed by atoms with E-state index < -0.39 is 0 Å². The Labute approximate surface area is 231 Å². The summed E-state index contributed by atoms with van der Waals surface area (Å²) < 4.78 is 24.3. The molecule has 1 aromatic heterocycles. The zero-order valence-electron chi connectivity index (χ0n) is 20.9. The van der Waals surface area contributed by atoms with E-state index in [-0.39, 0.29) is 18.3 Å². The van der Waals surface area contributed by atoms with Crippen molar-refractivity contribution < 1.29 is 23.7 Å². The van der Waals surface area contributed by atoms with Gasteiger partial charge in [0.1, 0.15) is 12.4 Å². The fourth-order valence-corrected chi connectivity index (χ4v) is 3.99. The van der Waals surface area contributed by atoms with Crippen molar-refractivity contribution in [3.8, 4) is 23.0 Å². The van der Waals surface area contributed by atoms with Crippen LogP contribution < -0.4 is 24.3 Å². The monoisotopic (exact) mass is 555 g/mol. The van der Waals surface area contributed by atoms with Gasteiger partial charge in [0, 0.05) is 11.9 Å². The number of carbonyl (C=O) groups excluding carboxylic acids is 1. The molecule has 10 heteroatoms. The van der Waals surface area contributed by atoms with Crippen LogP contribution in [0.1, 0.15) is 29.9 Å². The van der Waals surface area contributed by atoms with Crippen LogP contribution in [0.25, 0.3) is 0 Å². The highest BCUT2D eigenvalue weighted by Gasteiger charge is 2.12. The number of rotatable bonds is 12. The maximum Gasteiger partial charge on any atom is 0.276 e. The summed E-state index contributed by atoms with van der Waals surface area (Å²) in [6, 6.07) is 19.5. The number of para-hydroxylation sites is 1. The molecule has 4 aromatic rings. The smallest absolute Gasteiger partial charge is 0.276 e. The van der Waals surface area contributed by atoms with Gasteiger partial charge in [-0.05, 0) is 74.0 Å². The van der Waals surface area contributed by atoms with Crippen LogP contribution in [0.4, 0.5) is 5.69 Å². The molecule has 4 rings (SSSR count). The van der Waals surface area contributed by atoms with Gasteiger partial charge in [-0.15, -0.1) is 0 Å². The van der Waals surface area contributed by atoms with Crippen molar-refractivity contribution in [1.29, 1.82) is 0 Å². The third-order valence-corrected chi connectivity index (χ3v) is 5.85. The first-order chi connectivity index (χ1) is 18.5. The van der Waals surface area contributed by atoms with Gasteiger partial charge in [-0.3, -0.25) is 4.79 Å². The number of hydrogen-bond acceptors (Lipinski definition) is 6. The van der Waals surface area contributed by atoms with Crippen molar-refractivity contribution in [2.24, 2.45) is 0 Å². The first-order valence-electron chi connectivity index (χ1n) is 12.0. The van der Waals surface area contributed by atoms with E-state index >= 15 is 0 Å². The number of hydrogen-bond donors (Lipinski definition) is 1. The van der Waals surface area contributed by atoms with E-state index in [4.69, 9.17) is 42.1 Å². The van der Waals surface area contributed by atoms with Crippen LogP contribution in [-0.4, -0.2) is 28.9 Å². The summed E-state index contributed by atoms with van der Waals surface area (Å²) in [5.41, 5.74) is 1.79. The topological polar surface area (TPSA) is 83.8 Å². The molecule has 0 spiro atoms. The quantitative estimate of drug-likeness (QED) is 0.205. The van der Waals surface area contributed by atoms with Crippen molar-refractivity contribution >= 4 is 34.8 Å². The number of anilines is 1. The van der Waals surface area contributed by atoms with Crippen molar-refractivity contribution in [2.45, 2.75) is 27.2 Å². The Morgan fingerprint density at radius 3 is 2.29 bits per heavy atom. The van der Waals surface area contributed by atoms with Gasteiger partial charge < -0.3 is 24.3 Å². The minimum atomic E-state index is -0.356. The summed E-state index contributed by atoms with van der Waals surface area (Å²) >= 11 is 12.2. The lowest BCUT2D eigenvalue weighted by Gasteiger charge is -2.13. The Hall–Kier alpha value is -3.88. The summed E-state index contributed by atoms with van der Waals surface area (Å²) in [6.45, 7) is 5.37. The lowest BCUT2D eigenvalue weighted by molar-refractivity contribution is 0.102. The lowest BCUT2D eigenvalue weighted by atomic mass is 10.2. The van der Waals surface area contributed by atoms with Gasteiger partial charge >= 0.3 is 0 Å². The van der Waals surface area contributed by atoms with Crippen LogP contribution in [0.2, 0.25) is 10.0 Å². The lowest BCUT2D eigenvalue weighted by Crippen LogP contribution is -2.14. The Morgan fingerprint density at radius 1 is 0.868 bits per heavy atom. The normalized spacial score (nSPS) is 10.6. The predicted octanol–water partition coefficient (Wildman–Crippen LogP) is 6.86. The third-order valence-electron chi connectivity index (χ3n) is 5.26. The van der Waals surface area contributed by atoms with Gasteiger partial charge in [0.15, 0.2) is 29.7 Å². The van der Waals surface area contributed by atoms with Crippen LogP contribution in [0.3, 0.4) is 0 Å². The summed E-state index contributed by atoms with van der Waals surface area (Å²) in [5, 5.41) is 7.86. The highest BCUT2D eigenvalue weighted by atomic mass is 35.5. The van der Waals surface area contributed by atoms with Crippen molar-refractivity contribution in [1.82, 2.24) is 9.78 Å². The second-order valence-corrected chi connectivity index (χ2v) is 8.79. The van der Waals surface area contributed by atoms with Gasteiger partial charge in [-0.2, -0.15) is 5.10 Å². The number of halogens is 2. The predicted molar refractivity (Wildman–Crippen MR) is 147 cm³/mol. The molecule has 0 radical (unpaired) electrons. The van der Waals surface area contributed by atoms with Crippen LogP contribution >= 0.6 is 23.2 Å². The number of aromatic nitrogens is 2. The molecule has 0 saturated heterocycles. The van der Waals surface area contributed by atoms with E-state index in [0.29, 0.717) is 58.6 Å². The van der Waals surface area contributed by atoms with Crippen molar-refractivity contribution in [2.75, 3.05) is 18.5 Å². The molecule has 0 fully saturated rings. The highest BCUT2D eigenvalue weighted by Crippen LogP contribution is 2.32. The molecule has 3 aromatic carbocycles. The Morgan fingerprint density at radius 2 is 1.58 bits per heavy atom. The molecule has 0 bridgehead atoms. The molecule has 38 heavy (non-hydrogen) atoms. The summed E-state index contributed by atoms with van der Waals surface area (Å²) in [6.07, 6.45) is 1.63. The molecule has 8 nitrogen and oxygen atoms in total. The maximum atomic E-state index is 12.6. The Kier molecular flexibility index (Phi) is 9.35. The molecule has 0 aliphatic rings. The zero-order valence-corrected chi connectivity index (χ0v) is 22.5. The summed E-state index contributed by atoms with van der Waals surface area (Å²) in [4.78, 5) is 12.6. The van der Waals surface area contributed by atoms with E-state index in [1.165, 1.54) is 4.68 Å². The minimum Gasteiger partial charge on any atom is -0.490 e. The zero-order chi connectivity index (χ0) is 26.9.